The summed E-state index contributed by atoms with van der Waals surface area (Å²) in [6.45, 7) is 0.454. The fourth-order valence-corrected chi connectivity index (χ4v) is 2.01. The monoisotopic (exact) mass is 291 g/mol. The van der Waals surface area contributed by atoms with E-state index in [9.17, 15) is 0 Å². The Morgan fingerprint density at radius 1 is 1.30 bits per heavy atom. The van der Waals surface area contributed by atoms with Crippen LogP contribution in [0.1, 0.15) is 11.1 Å². The topological polar surface area (TPSA) is 80.7 Å². The molecule has 0 aliphatic carbocycles. The Hall–Kier alpha value is -2.27. The quantitative estimate of drug-likeness (QED) is 0.384. The van der Waals surface area contributed by atoms with Crippen LogP contribution >= 0.6 is 11.6 Å². The van der Waals surface area contributed by atoms with Crippen LogP contribution in [0.4, 0.5) is 0 Å². The largest absolute Gasteiger partial charge is 0.492 e. The van der Waals surface area contributed by atoms with Gasteiger partial charge in [0.1, 0.15) is 5.75 Å². The Morgan fingerprint density at radius 2 is 2.05 bits per heavy atom. The molecular weight excluding hydrogens is 278 g/mol. The maximum atomic E-state index is 8.78. The number of benzene rings is 1. The molecule has 0 radical (unpaired) electrons. The number of oxime groups is 1. The number of nitrogens with two attached hydrogens (primary N) is 1. The van der Waals surface area contributed by atoms with Crippen LogP contribution in [0.15, 0.2) is 47.9 Å². The third kappa shape index (κ3) is 3.39. The number of hydrogen-bond acceptors (Lipinski definition) is 4. The number of hydrogen-bond donors (Lipinski definition) is 2. The van der Waals surface area contributed by atoms with Crippen LogP contribution in [0.25, 0.3) is 0 Å². The molecule has 104 valence electrons. The molecule has 6 heteroatoms. The number of rotatable bonds is 5. The molecule has 0 aliphatic rings. The highest BCUT2D eigenvalue weighted by Gasteiger charge is 2.12. The van der Waals surface area contributed by atoms with Gasteiger partial charge in [-0.3, -0.25) is 4.98 Å². The van der Waals surface area contributed by atoms with E-state index in [1.54, 1.807) is 30.6 Å². The highest BCUT2D eigenvalue weighted by molar-refractivity contribution is 6.34. The molecule has 0 aliphatic heterocycles. The van der Waals surface area contributed by atoms with Gasteiger partial charge in [0.2, 0.25) is 0 Å². The van der Waals surface area contributed by atoms with Gasteiger partial charge in [0.25, 0.3) is 0 Å². The smallest absolute Gasteiger partial charge is 0.175 e. The summed E-state index contributed by atoms with van der Waals surface area (Å²) in [5, 5.41) is 12.1. The van der Waals surface area contributed by atoms with Crippen molar-refractivity contribution in [1.29, 1.82) is 0 Å². The van der Waals surface area contributed by atoms with E-state index in [0.29, 0.717) is 22.9 Å². The SMILES string of the molecule is N/C(=N/O)c1c(Cl)cccc1OCCc1ccncc1. The predicted octanol–water partition coefficient (Wildman–Crippen LogP) is 2.45. The summed E-state index contributed by atoms with van der Waals surface area (Å²) >= 11 is 6.04. The van der Waals surface area contributed by atoms with E-state index in [0.717, 1.165) is 12.0 Å². The first kappa shape index (κ1) is 14.1. The minimum Gasteiger partial charge on any atom is -0.492 e. The van der Waals surface area contributed by atoms with E-state index in [-0.39, 0.29) is 5.84 Å². The van der Waals surface area contributed by atoms with Crippen LogP contribution in [0, 0.1) is 0 Å². The van der Waals surface area contributed by atoms with Crippen molar-refractivity contribution in [3.8, 4) is 5.75 Å². The molecular formula is C14H14ClN3O2. The first-order valence-corrected chi connectivity index (χ1v) is 6.38. The Balaban J connectivity index is 2.08. The van der Waals surface area contributed by atoms with Crippen LogP contribution in [0.3, 0.4) is 0 Å². The van der Waals surface area contributed by atoms with Crippen molar-refractivity contribution in [2.75, 3.05) is 6.61 Å². The zero-order valence-corrected chi connectivity index (χ0v) is 11.4. The summed E-state index contributed by atoms with van der Waals surface area (Å²) < 4.78 is 5.67. The van der Waals surface area contributed by atoms with Gasteiger partial charge < -0.3 is 15.7 Å². The van der Waals surface area contributed by atoms with E-state index in [4.69, 9.17) is 27.3 Å². The third-order valence-electron chi connectivity index (χ3n) is 2.74. The number of pyridine rings is 1. The van der Waals surface area contributed by atoms with Crippen LogP contribution in [0.2, 0.25) is 5.02 Å². The van der Waals surface area contributed by atoms with Crippen molar-refractivity contribution in [2.24, 2.45) is 10.9 Å². The molecule has 0 atom stereocenters. The van der Waals surface area contributed by atoms with Crippen molar-refractivity contribution < 1.29 is 9.94 Å². The minimum absolute atomic E-state index is 0.0745. The summed E-state index contributed by atoms with van der Waals surface area (Å²) in [6, 6.07) is 8.98. The van der Waals surface area contributed by atoms with E-state index in [1.807, 2.05) is 12.1 Å². The number of halogens is 1. The second kappa shape index (κ2) is 6.77. The molecule has 1 heterocycles. The average Bonchev–Trinajstić information content (AvgIpc) is 2.48. The molecule has 0 saturated heterocycles. The van der Waals surface area contributed by atoms with E-state index >= 15 is 0 Å². The molecule has 2 aromatic rings. The molecule has 0 unspecified atom stereocenters. The van der Waals surface area contributed by atoms with Gasteiger partial charge in [0.15, 0.2) is 5.84 Å². The molecule has 20 heavy (non-hydrogen) atoms. The van der Waals surface area contributed by atoms with Crippen molar-refractivity contribution >= 4 is 17.4 Å². The maximum Gasteiger partial charge on any atom is 0.175 e. The Labute approximate surface area is 121 Å². The highest BCUT2D eigenvalue weighted by atomic mass is 35.5. The number of ether oxygens (including phenoxy) is 1. The van der Waals surface area contributed by atoms with E-state index in [2.05, 4.69) is 10.1 Å². The van der Waals surface area contributed by atoms with Gasteiger partial charge >= 0.3 is 0 Å². The summed E-state index contributed by atoms with van der Waals surface area (Å²) in [5.74, 6) is 0.413. The molecule has 0 bridgehead atoms. The third-order valence-corrected chi connectivity index (χ3v) is 3.05. The molecule has 3 N–H and O–H groups in total. The van der Waals surface area contributed by atoms with Crippen molar-refractivity contribution in [3.63, 3.8) is 0 Å². The summed E-state index contributed by atoms with van der Waals surface area (Å²) in [5.41, 5.74) is 7.12. The molecule has 0 spiro atoms. The predicted molar refractivity (Wildman–Crippen MR) is 77.4 cm³/mol. The summed E-state index contributed by atoms with van der Waals surface area (Å²) in [7, 11) is 0. The Kier molecular flexibility index (Phi) is 4.79. The van der Waals surface area contributed by atoms with Gasteiger partial charge in [-0.05, 0) is 29.8 Å². The summed E-state index contributed by atoms with van der Waals surface area (Å²) in [4.78, 5) is 3.95. The second-order valence-electron chi connectivity index (χ2n) is 4.05. The first-order chi connectivity index (χ1) is 9.72. The zero-order chi connectivity index (χ0) is 14.4. The first-order valence-electron chi connectivity index (χ1n) is 6.00. The van der Waals surface area contributed by atoms with E-state index < -0.39 is 0 Å². The maximum absolute atomic E-state index is 8.78. The average molecular weight is 292 g/mol. The van der Waals surface area contributed by atoms with Gasteiger partial charge in [-0.2, -0.15) is 0 Å². The molecule has 2 rings (SSSR count). The number of nitrogens with zero attached hydrogens (tertiary/aromatic N) is 2. The van der Waals surface area contributed by atoms with Gasteiger partial charge in [-0.25, -0.2) is 0 Å². The standard InChI is InChI=1S/C14H14ClN3O2/c15-11-2-1-3-12(13(11)14(16)18-19)20-9-6-10-4-7-17-8-5-10/h1-5,7-8,19H,6,9H2,(H2,16,18). The van der Waals surface area contributed by atoms with Gasteiger partial charge in [0, 0.05) is 18.8 Å². The van der Waals surface area contributed by atoms with Crippen molar-refractivity contribution in [3.05, 3.63) is 58.9 Å². The van der Waals surface area contributed by atoms with Gasteiger partial charge in [0.05, 0.1) is 17.2 Å². The molecule has 0 amide bonds. The zero-order valence-electron chi connectivity index (χ0n) is 10.7. The van der Waals surface area contributed by atoms with Gasteiger partial charge in [-0.1, -0.05) is 22.8 Å². The molecule has 0 saturated carbocycles. The second-order valence-corrected chi connectivity index (χ2v) is 4.46. The molecule has 1 aromatic heterocycles. The Bertz CT molecular complexity index is 603. The van der Waals surface area contributed by atoms with Crippen molar-refractivity contribution in [1.82, 2.24) is 4.98 Å². The lowest BCUT2D eigenvalue weighted by atomic mass is 10.2. The lowest BCUT2D eigenvalue weighted by Crippen LogP contribution is -2.16. The van der Waals surface area contributed by atoms with Crippen LogP contribution in [-0.2, 0) is 6.42 Å². The lowest BCUT2D eigenvalue weighted by Gasteiger charge is -2.11. The van der Waals surface area contributed by atoms with Crippen LogP contribution < -0.4 is 10.5 Å². The van der Waals surface area contributed by atoms with Gasteiger partial charge in [-0.15, -0.1) is 0 Å². The van der Waals surface area contributed by atoms with Crippen molar-refractivity contribution in [2.45, 2.75) is 6.42 Å². The van der Waals surface area contributed by atoms with E-state index in [1.165, 1.54) is 0 Å². The lowest BCUT2D eigenvalue weighted by molar-refractivity contribution is 0.313. The molecule has 5 nitrogen and oxygen atoms in total. The van der Waals surface area contributed by atoms with Crippen LogP contribution in [0.5, 0.6) is 5.75 Å². The van der Waals surface area contributed by atoms with Crippen LogP contribution in [-0.4, -0.2) is 22.6 Å². The number of aromatic nitrogens is 1. The fraction of sp³-hybridized carbons (Fsp3) is 0.143. The minimum atomic E-state index is -0.0745. The highest BCUT2D eigenvalue weighted by Crippen LogP contribution is 2.26. The number of amidine groups is 1. The molecule has 1 aromatic carbocycles. The molecule has 0 fully saturated rings. The Morgan fingerprint density at radius 3 is 2.75 bits per heavy atom. The normalized spacial score (nSPS) is 11.3. The fourth-order valence-electron chi connectivity index (χ4n) is 1.75. The summed E-state index contributed by atoms with van der Waals surface area (Å²) in [6.07, 6.45) is 4.19.